The number of anilines is 1. The van der Waals surface area contributed by atoms with E-state index in [0.29, 0.717) is 22.9 Å². The zero-order valence-corrected chi connectivity index (χ0v) is 20.0. The van der Waals surface area contributed by atoms with Crippen molar-refractivity contribution in [3.8, 4) is 5.75 Å². The van der Waals surface area contributed by atoms with Crippen molar-refractivity contribution in [2.45, 2.75) is 18.4 Å². The van der Waals surface area contributed by atoms with Crippen LogP contribution in [0.4, 0.5) is 5.69 Å². The highest BCUT2D eigenvalue weighted by atomic mass is 32.2. The first-order valence-electron chi connectivity index (χ1n) is 10.1. The summed E-state index contributed by atoms with van der Waals surface area (Å²) in [5, 5.41) is 3.69. The molecule has 0 bridgehead atoms. The van der Waals surface area contributed by atoms with Gasteiger partial charge in [0.05, 0.1) is 22.6 Å². The van der Waals surface area contributed by atoms with Crippen molar-refractivity contribution in [1.82, 2.24) is 10.3 Å². The van der Waals surface area contributed by atoms with Crippen molar-refractivity contribution in [2.24, 2.45) is 0 Å². The van der Waals surface area contributed by atoms with Crippen LogP contribution in [-0.2, 0) is 16.6 Å². The standard InChI is InChI=1S/C24H23N3O4S2/c1-16-11-20(7-8-21(16)31-3)33(29,30)27(2)19-6-9-22-18(12-19)13-23(32-22)24(28)26-15-17-5-4-10-25-14-17/h4-14H,15H2,1-3H3,(H,26,28). The Hall–Kier alpha value is -3.43. The van der Waals surface area contributed by atoms with Crippen molar-refractivity contribution in [2.75, 3.05) is 18.5 Å². The quantitative estimate of drug-likeness (QED) is 0.424. The minimum atomic E-state index is -3.76. The van der Waals surface area contributed by atoms with E-state index in [1.54, 1.807) is 56.8 Å². The van der Waals surface area contributed by atoms with Gasteiger partial charge in [0.1, 0.15) is 5.75 Å². The van der Waals surface area contributed by atoms with Crippen molar-refractivity contribution in [3.63, 3.8) is 0 Å². The summed E-state index contributed by atoms with van der Waals surface area (Å²) in [6.45, 7) is 2.19. The molecule has 0 aliphatic carbocycles. The summed E-state index contributed by atoms with van der Waals surface area (Å²) in [4.78, 5) is 17.4. The van der Waals surface area contributed by atoms with E-state index in [1.807, 2.05) is 18.2 Å². The number of hydrogen-bond acceptors (Lipinski definition) is 6. The van der Waals surface area contributed by atoms with E-state index >= 15 is 0 Å². The third kappa shape index (κ3) is 4.69. The minimum absolute atomic E-state index is 0.184. The molecule has 0 spiro atoms. The van der Waals surface area contributed by atoms with Crippen molar-refractivity contribution in [3.05, 3.63) is 83.0 Å². The number of hydrogen-bond donors (Lipinski definition) is 1. The fourth-order valence-electron chi connectivity index (χ4n) is 3.42. The highest BCUT2D eigenvalue weighted by Crippen LogP contribution is 2.32. The normalized spacial score (nSPS) is 11.4. The molecule has 0 saturated carbocycles. The maximum absolute atomic E-state index is 13.2. The van der Waals surface area contributed by atoms with Gasteiger partial charge < -0.3 is 10.1 Å². The van der Waals surface area contributed by atoms with Gasteiger partial charge in [-0.2, -0.15) is 0 Å². The third-order valence-corrected chi connectivity index (χ3v) is 8.18. The van der Waals surface area contributed by atoms with Gasteiger partial charge in [0.2, 0.25) is 0 Å². The first-order valence-corrected chi connectivity index (χ1v) is 12.4. The first-order chi connectivity index (χ1) is 15.8. The number of amides is 1. The van der Waals surface area contributed by atoms with Gasteiger partial charge in [0.25, 0.3) is 15.9 Å². The van der Waals surface area contributed by atoms with Gasteiger partial charge in [-0.15, -0.1) is 11.3 Å². The number of aryl methyl sites for hydroxylation is 1. The summed E-state index contributed by atoms with van der Waals surface area (Å²) < 4.78 is 33.7. The average Bonchev–Trinajstić information content (AvgIpc) is 3.26. The predicted molar refractivity (Wildman–Crippen MR) is 131 cm³/mol. The summed E-state index contributed by atoms with van der Waals surface area (Å²) in [5.74, 6) is 0.446. The molecule has 0 fully saturated rings. The summed E-state index contributed by atoms with van der Waals surface area (Å²) in [5.41, 5.74) is 2.16. The van der Waals surface area contributed by atoms with Crippen LogP contribution in [0.1, 0.15) is 20.8 Å². The second kappa shape index (κ2) is 9.21. The largest absolute Gasteiger partial charge is 0.496 e. The number of fused-ring (bicyclic) bond motifs is 1. The first kappa shape index (κ1) is 22.8. The molecule has 2 heterocycles. The van der Waals surface area contributed by atoms with Crippen LogP contribution in [0.25, 0.3) is 10.1 Å². The molecule has 0 saturated heterocycles. The van der Waals surface area contributed by atoms with Gasteiger partial charge in [-0.25, -0.2) is 8.42 Å². The second-order valence-electron chi connectivity index (χ2n) is 7.48. The number of nitrogens with zero attached hydrogens (tertiary/aromatic N) is 2. The number of pyridine rings is 1. The summed E-state index contributed by atoms with van der Waals surface area (Å²) in [6.07, 6.45) is 3.39. The van der Waals surface area contributed by atoms with Crippen LogP contribution >= 0.6 is 11.3 Å². The number of rotatable bonds is 7. The van der Waals surface area contributed by atoms with Gasteiger partial charge in [0, 0.05) is 30.7 Å². The topological polar surface area (TPSA) is 88.6 Å². The van der Waals surface area contributed by atoms with E-state index in [9.17, 15) is 13.2 Å². The smallest absolute Gasteiger partial charge is 0.264 e. The third-order valence-electron chi connectivity index (χ3n) is 5.29. The summed E-state index contributed by atoms with van der Waals surface area (Å²) in [7, 11) is -0.695. The molecule has 9 heteroatoms. The molecule has 0 atom stereocenters. The van der Waals surface area contributed by atoms with Crippen molar-refractivity contribution in [1.29, 1.82) is 0 Å². The Morgan fingerprint density at radius 3 is 2.67 bits per heavy atom. The number of carbonyl (C=O) groups excluding carboxylic acids is 1. The van der Waals surface area contributed by atoms with Crippen LogP contribution in [0.5, 0.6) is 5.75 Å². The van der Waals surface area contributed by atoms with E-state index < -0.39 is 10.0 Å². The highest BCUT2D eigenvalue weighted by molar-refractivity contribution is 7.92. The number of aromatic nitrogens is 1. The lowest BCUT2D eigenvalue weighted by atomic mass is 10.2. The molecule has 0 radical (unpaired) electrons. The molecule has 7 nitrogen and oxygen atoms in total. The number of thiophene rings is 1. The van der Waals surface area contributed by atoms with Crippen molar-refractivity contribution < 1.29 is 17.9 Å². The molecule has 33 heavy (non-hydrogen) atoms. The van der Waals surface area contributed by atoms with Gasteiger partial charge in [-0.1, -0.05) is 6.07 Å². The number of sulfonamides is 1. The van der Waals surface area contributed by atoms with E-state index in [-0.39, 0.29) is 10.8 Å². The Balaban J connectivity index is 1.56. The lowest BCUT2D eigenvalue weighted by Crippen LogP contribution is -2.26. The van der Waals surface area contributed by atoms with E-state index in [4.69, 9.17) is 4.74 Å². The molecule has 2 aromatic carbocycles. The van der Waals surface area contributed by atoms with Crippen LogP contribution in [-0.4, -0.2) is 33.5 Å². The van der Waals surface area contributed by atoms with Gasteiger partial charge >= 0.3 is 0 Å². The number of benzene rings is 2. The highest BCUT2D eigenvalue weighted by Gasteiger charge is 2.23. The number of ether oxygens (including phenoxy) is 1. The van der Waals surface area contributed by atoms with Crippen LogP contribution in [0.15, 0.2) is 71.9 Å². The second-order valence-corrected chi connectivity index (χ2v) is 10.5. The molecule has 0 aliphatic rings. The molecule has 1 N–H and O–H groups in total. The van der Waals surface area contributed by atoms with Crippen LogP contribution in [0.3, 0.4) is 0 Å². The number of nitrogens with one attached hydrogen (secondary N) is 1. The van der Waals surface area contributed by atoms with Crippen LogP contribution in [0.2, 0.25) is 0 Å². The molecular formula is C24H23N3O4S2. The average molecular weight is 482 g/mol. The predicted octanol–water partition coefficient (Wildman–Crippen LogP) is 4.37. The molecule has 4 rings (SSSR count). The van der Waals surface area contributed by atoms with Gasteiger partial charge in [-0.05, 0) is 72.0 Å². The molecule has 170 valence electrons. The maximum atomic E-state index is 13.2. The van der Waals surface area contributed by atoms with Gasteiger partial charge in [-0.3, -0.25) is 14.1 Å². The molecular weight excluding hydrogens is 458 g/mol. The summed E-state index contributed by atoms with van der Waals surface area (Å²) in [6, 6.07) is 15.6. The number of methoxy groups -OCH3 is 1. The Kier molecular flexibility index (Phi) is 6.35. The number of carbonyl (C=O) groups is 1. The van der Waals surface area contributed by atoms with Gasteiger partial charge in [0.15, 0.2) is 0 Å². The molecule has 0 unspecified atom stereocenters. The molecule has 2 aromatic heterocycles. The lowest BCUT2D eigenvalue weighted by Gasteiger charge is -2.20. The maximum Gasteiger partial charge on any atom is 0.264 e. The fraction of sp³-hybridized carbons (Fsp3) is 0.167. The van der Waals surface area contributed by atoms with E-state index in [0.717, 1.165) is 21.2 Å². The van der Waals surface area contributed by atoms with Crippen LogP contribution in [0, 0.1) is 6.92 Å². The summed E-state index contributed by atoms with van der Waals surface area (Å²) >= 11 is 1.36. The molecule has 1 amide bonds. The Labute approximate surface area is 196 Å². The SMILES string of the molecule is COc1ccc(S(=O)(=O)N(C)c2ccc3sc(C(=O)NCc4cccnc4)cc3c2)cc1C. The molecule has 0 aliphatic heterocycles. The minimum Gasteiger partial charge on any atom is -0.496 e. The van der Waals surface area contributed by atoms with E-state index in [2.05, 4.69) is 10.3 Å². The molecule has 4 aromatic rings. The van der Waals surface area contributed by atoms with Crippen LogP contribution < -0.4 is 14.4 Å². The Bertz CT molecular complexity index is 1420. The lowest BCUT2D eigenvalue weighted by molar-refractivity contribution is 0.0955. The monoisotopic (exact) mass is 481 g/mol. The Morgan fingerprint density at radius 1 is 1.15 bits per heavy atom. The zero-order valence-electron chi connectivity index (χ0n) is 18.4. The fourth-order valence-corrected chi connectivity index (χ4v) is 5.65. The van der Waals surface area contributed by atoms with E-state index in [1.165, 1.54) is 28.8 Å². The van der Waals surface area contributed by atoms with Crippen molar-refractivity contribution >= 4 is 43.0 Å². The zero-order chi connectivity index (χ0) is 23.6. The Morgan fingerprint density at radius 2 is 1.97 bits per heavy atom.